The lowest BCUT2D eigenvalue weighted by molar-refractivity contribution is 0.0752. The van der Waals surface area contributed by atoms with Gasteiger partial charge in [0.05, 0.1) is 42.2 Å². The molecule has 1 N–H and O–H groups in total. The number of ether oxygens (including phenoxy) is 6. The van der Waals surface area contributed by atoms with Crippen LogP contribution in [0.5, 0.6) is 34.5 Å². The quantitative estimate of drug-likeness (QED) is 0.305. The van der Waals surface area contributed by atoms with Crippen LogP contribution in [0.1, 0.15) is 11.1 Å². The number of β-amino-alcohol motifs (C(OH)–C–C–N with tert-alkyl or cyclic N) is 1. The van der Waals surface area contributed by atoms with E-state index in [0.717, 1.165) is 37.1 Å². The molecule has 0 bridgehead atoms. The van der Waals surface area contributed by atoms with Gasteiger partial charge >= 0.3 is 5.63 Å². The Labute approximate surface area is 240 Å². The molecule has 0 radical (unpaired) electrons. The second-order valence-corrected chi connectivity index (χ2v) is 9.84. The molecule has 0 saturated carbocycles. The summed E-state index contributed by atoms with van der Waals surface area (Å²) in [5.41, 5.74) is 1.22. The van der Waals surface area contributed by atoms with Crippen molar-refractivity contribution in [2.45, 2.75) is 19.4 Å². The summed E-state index contributed by atoms with van der Waals surface area (Å²) < 4.78 is 39.8. The number of rotatable bonds is 13. The van der Waals surface area contributed by atoms with Crippen molar-refractivity contribution in [3.8, 4) is 34.5 Å². The zero-order valence-electron chi connectivity index (χ0n) is 24.7. The maximum atomic E-state index is 13.4. The lowest BCUT2D eigenvalue weighted by Gasteiger charge is -2.36. The molecule has 2 heterocycles. The van der Waals surface area contributed by atoms with E-state index in [4.69, 9.17) is 32.8 Å². The molecule has 3 aromatic rings. The number of nitrogens with zero attached hydrogens (tertiary/aromatic N) is 2. The third-order valence-electron chi connectivity index (χ3n) is 7.51. The fourth-order valence-corrected chi connectivity index (χ4v) is 5.32. The van der Waals surface area contributed by atoms with Crippen LogP contribution in [0.15, 0.2) is 33.5 Å². The molecule has 4 rings (SSSR count). The Morgan fingerprint density at radius 3 is 2.02 bits per heavy atom. The molecule has 1 saturated heterocycles. The van der Waals surface area contributed by atoms with E-state index in [-0.39, 0.29) is 6.61 Å². The van der Waals surface area contributed by atoms with Crippen molar-refractivity contribution >= 4 is 11.0 Å². The normalized spacial score (nSPS) is 15.0. The highest BCUT2D eigenvalue weighted by atomic mass is 16.5. The summed E-state index contributed by atoms with van der Waals surface area (Å²) in [5.74, 6) is 2.80. The second kappa shape index (κ2) is 13.8. The lowest BCUT2D eigenvalue weighted by Crippen LogP contribution is -2.50. The number of piperazine rings is 1. The summed E-state index contributed by atoms with van der Waals surface area (Å²) >= 11 is 0. The van der Waals surface area contributed by atoms with E-state index in [1.165, 1.54) is 14.2 Å². The minimum Gasteiger partial charge on any atom is -0.493 e. The van der Waals surface area contributed by atoms with Crippen LogP contribution < -0.4 is 34.0 Å². The number of benzene rings is 2. The molecule has 1 atom stereocenters. The first-order valence-electron chi connectivity index (χ1n) is 13.6. The van der Waals surface area contributed by atoms with Gasteiger partial charge < -0.3 is 37.9 Å². The first-order chi connectivity index (χ1) is 19.9. The van der Waals surface area contributed by atoms with E-state index >= 15 is 0 Å². The number of aliphatic hydroxyl groups excluding tert-OH is 1. The van der Waals surface area contributed by atoms with Crippen molar-refractivity contribution in [1.82, 2.24) is 9.80 Å². The second-order valence-electron chi connectivity index (χ2n) is 9.84. The fraction of sp³-hybridized carbons (Fsp3) is 0.500. The molecule has 41 heavy (non-hydrogen) atoms. The fourth-order valence-electron chi connectivity index (χ4n) is 5.32. The van der Waals surface area contributed by atoms with Crippen LogP contribution in [-0.4, -0.2) is 102 Å². The van der Waals surface area contributed by atoms with Gasteiger partial charge in [0.1, 0.15) is 11.9 Å². The van der Waals surface area contributed by atoms with Gasteiger partial charge in [-0.25, -0.2) is 4.79 Å². The highest BCUT2D eigenvalue weighted by Crippen LogP contribution is 2.41. The van der Waals surface area contributed by atoms with Gasteiger partial charge in [-0.15, -0.1) is 0 Å². The Balaban J connectivity index is 1.69. The van der Waals surface area contributed by atoms with E-state index in [9.17, 15) is 9.90 Å². The molecule has 1 aliphatic heterocycles. The van der Waals surface area contributed by atoms with Crippen molar-refractivity contribution in [3.63, 3.8) is 0 Å². The van der Waals surface area contributed by atoms with Gasteiger partial charge in [-0.2, -0.15) is 0 Å². The van der Waals surface area contributed by atoms with Crippen LogP contribution in [0.3, 0.4) is 0 Å². The molecule has 0 amide bonds. The minimum atomic E-state index is -0.451. The van der Waals surface area contributed by atoms with Crippen molar-refractivity contribution < 1.29 is 37.9 Å². The highest BCUT2D eigenvalue weighted by molar-refractivity contribution is 5.88. The molecule has 1 fully saturated rings. The molecular formula is C30H40N2O9. The minimum absolute atomic E-state index is 0.139. The lowest BCUT2D eigenvalue weighted by atomic mass is 10.00. The van der Waals surface area contributed by atoms with Gasteiger partial charge in [-0.05, 0) is 24.6 Å². The van der Waals surface area contributed by atoms with Gasteiger partial charge in [-0.1, -0.05) is 0 Å². The highest BCUT2D eigenvalue weighted by Gasteiger charge is 2.26. The molecule has 224 valence electrons. The first kappa shape index (κ1) is 30.3. The summed E-state index contributed by atoms with van der Waals surface area (Å²) in [6.45, 7) is 6.60. The molecular weight excluding hydrogens is 532 g/mol. The van der Waals surface area contributed by atoms with Crippen molar-refractivity contribution in [3.05, 3.63) is 45.8 Å². The molecule has 1 unspecified atom stereocenters. The largest absolute Gasteiger partial charge is 0.493 e. The SMILES string of the molecule is COc1cc(OC(Cc2c(C)c3ccc(OC)c(OC)c3oc2=O)CN2CCN(CCO)CC2)cc(OC)c1OC. The van der Waals surface area contributed by atoms with E-state index in [0.29, 0.717) is 65.2 Å². The zero-order chi connectivity index (χ0) is 29.5. The molecule has 2 aromatic carbocycles. The zero-order valence-corrected chi connectivity index (χ0v) is 24.7. The summed E-state index contributed by atoms with van der Waals surface area (Å²) in [7, 11) is 7.71. The van der Waals surface area contributed by atoms with Crippen LogP contribution >= 0.6 is 0 Å². The maximum absolute atomic E-state index is 13.4. The van der Waals surface area contributed by atoms with Gasteiger partial charge in [-0.3, -0.25) is 9.80 Å². The number of fused-ring (bicyclic) bond motifs is 1. The summed E-state index contributed by atoms with van der Waals surface area (Å²) in [5, 5.41) is 10.1. The first-order valence-corrected chi connectivity index (χ1v) is 13.6. The van der Waals surface area contributed by atoms with Crippen LogP contribution in [0.2, 0.25) is 0 Å². The number of aryl methyl sites for hydroxylation is 1. The van der Waals surface area contributed by atoms with E-state index in [1.54, 1.807) is 39.5 Å². The van der Waals surface area contributed by atoms with Gasteiger partial charge in [0, 0.05) is 68.8 Å². The van der Waals surface area contributed by atoms with Gasteiger partial charge in [0.25, 0.3) is 0 Å². The third kappa shape index (κ3) is 6.64. The van der Waals surface area contributed by atoms with E-state index < -0.39 is 11.7 Å². The monoisotopic (exact) mass is 572 g/mol. The topological polar surface area (TPSA) is 112 Å². The van der Waals surface area contributed by atoms with Crippen LogP contribution in [0.25, 0.3) is 11.0 Å². The number of hydrogen-bond acceptors (Lipinski definition) is 11. The molecule has 11 nitrogen and oxygen atoms in total. The van der Waals surface area contributed by atoms with Gasteiger partial charge in [0.15, 0.2) is 22.8 Å². The Kier molecular flexibility index (Phi) is 10.2. The number of aliphatic hydroxyl groups is 1. The molecule has 0 spiro atoms. The maximum Gasteiger partial charge on any atom is 0.339 e. The number of hydrogen-bond donors (Lipinski definition) is 1. The van der Waals surface area contributed by atoms with Crippen molar-refractivity contribution in [1.29, 1.82) is 0 Å². The Hall–Kier alpha value is -3.67. The van der Waals surface area contributed by atoms with E-state index in [1.807, 2.05) is 13.0 Å². The number of methoxy groups -OCH3 is 5. The van der Waals surface area contributed by atoms with Crippen LogP contribution in [0.4, 0.5) is 0 Å². The standard InChI is InChI=1S/C30H40N2O9/c1-19-22-7-8-24(35-2)29(39-6)27(22)41-30(34)23(19)15-21(18-32-11-9-31(10-12-32)13-14-33)40-20-16-25(36-3)28(38-5)26(17-20)37-4/h7-8,16-17,21,33H,9-15,18H2,1-6H3. The summed E-state index contributed by atoms with van der Waals surface area (Å²) in [6.07, 6.45) is -0.0900. The average Bonchev–Trinajstić information content (AvgIpc) is 2.99. The average molecular weight is 573 g/mol. The van der Waals surface area contributed by atoms with Crippen molar-refractivity contribution in [2.24, 2.45) is 0 Å². The molecule has 1 aromatic heterocycles. The third-order valence-corrected chi connectivity index (χ3v) is 7.51. The molecule has 11 heteroatoms. The van der Waals surface area contributed by atoms with E-state index in [2.05, 4.69) is 9.80 Å². The van der Waals surface area contributed by atoms with Crippen molar-refractivity contribution in [2.75, 3.05) is 81.4 Å². The summed E-state index contributed by atoms with van der Waals surface area (Å²) in [6, 6.07) is 7.17. The Bertz CT molecular complexity index is 1360. The van der Waals surface area contributed by atoms with Gasteiger partial charge in [0.2, 0.25) is 11.5 Å². The van der Waals surface area contributed by atoms with Crippen LogP contribution in [0, 0.1) is 6.92 Å². The van der Waals surface area contributed by atoms with Crippen LogP contribution in [-0.2, 0) is 6.42 Å². The predicted molar refractivity (Wildman–Crippen MR) is 155 cm³/mol. The summed E-state index contributed by atoms with van der Waals surface area (Å²) in [4.78, 5) is 17.9. The Morgan fingerprint density at radius 1 is 0.854 bits per heavy atom. The molecule has 1 aliphatic rings. The predicted octanol–water partition coefficient (Wildman–Crippen LogP) is 2.74. The Morgan fingerprint density at radius 2 is 1.46 bits per heavy atom. The molecule has 0 aliphatic carbocycles. The smallest absolute Gasteiger partial charge is 0.339 e.